The molecule has 1 spiro atoms. The van der Waals surface area contributed by atoms with Crippen LogP contribution in [0.25, 0.3) is 0 Å². The first-order valence-electron chi connectivity index (χ1n) is 14.5. The van der Waals surface area contributed by atoms with Crippen LogP contribution < -0.4 is 24.4 Å². The van der Waals surface area contributed by atoms with Gasteiger partial charge in [-0.15, -0.1) is 13.2 Å². The largest absolute Gasteiger partial charge is 0.573 e. The number of hydrogen-bond donors (Lipinski definition) is 2. The van der Waals surface area contributed by atoms with Gasteiger partial charge in [0.05, 0.1) is 32.2 Å². The van der Waals surface area contributed by atoms with Gasteiger partial charge >= 0.3 is 6.36 Å². The van der Waals surface area contributed by atoms with E-state index in [4.69, 9.17) is 25.9 Å². The number of aliphatic hydroxyl groups excluding tert-OH is 1. The summed E-state index contributed by atoms with van der Waals surface area (Å²) >= 11 is 6.26. The van der Waals surface area contributed by atoms with Crippen molar-refractivity contribution in [3.63, 3.8) is 0 Å². The summed E-state index contributed by atoms with van der Waals surface area (Å²) in [4.78, 5) is 21.6. The maximum Gasteiger partial charge on any atom is 0.573 e. The molecule has 0 bridgehead atoms. The Balaban J connectivity index is 1.56. The van der Waals surface area contributed by atoms with E-state index < -0.39 is 29.7 Å². The van der Waals surface area contributed by atoms with Crippen LogP contribution in [0.2, 0.25) is 5.02 Å². The fraction of sp³-hybridized carbons (Fsp3) is 0.394. The Hall–Kier alpha value is -4.16. The molecule has 9 nitrogen and oxygen atoms in total. The minimum atomic E-state index is -4.88. The van der Waals surface area contributed by atoms with Crippen LogP contribution in [0.3, 0.4) is 0 Å². The molecule has 1 fully saturated rings. The fourth-order valence-corrected chi connectivity index (χ4v) is 5.59. The molecular formula is C33H35ClF3N3O6. The van der Waals surface area contributed by atoms with Gasteiger partial charge in [-0.05, 0) is 69.5 Å². The SMILES string of the molecule is COc1cc(NC(C(=O)N2CC3(CC3)c3ccc(OC(F)(F)F)cc32)c2ccc(Cl)cc2OC)cc(/C(C)=N/OC(C)(C)CO)c1. The van der Waals surface area contributed by atoms with Gasteiger partial charge in [-0.3, -0.25) is 4.79 Å². The number of aliphatic hydroxyl groups is 1. The normalized spacial score (nSPS) is 16.1. The van der Waals surface area contributed by atoms with Crippen molar-refractivity contribution in [1.29, 1.82) is 0 Å². The Kier molecular flexibility index (Phi) is 9.07. The molecule has 1 aliphatic heterocycles. The van der Waals surface area contributed by atoms with E-state index in [1.165, 1.54) is 31.3 Å². The molecule has 3 aromatic carbocycles. The zero-order valence-electron chi connectivity index (χ0n) is 26.0. The quantitative estimate of drug-likeness (QED) is 0.169. The number of rotatable bonds is 11. The second kappa shape index (κ2) is 12.6. The Morgan fingerprint density at radius 1 is 1.07 bits per heavy atom. The van der Waals surface area contributed by atoms with Crippen LogP contribution in [-0.2, 0) is 15.0 Å². The lowest BCUT2D eigenvalue weighted by molar-refractivity contribution is -0.274. The van der Waals surface area contributed by atoms with E-state index >= 15 is 0 Å². The molecule has 1 saturated carbocycles. The molecule has 1 atom stereocenters. The van der Waals surface area contributed by atoms with Crippen LogP contribution in [0.5, 0.6) is 17.2 Å². The van der Waals surface area contributed by atoms with Crippen molar-refractivity contribution in [3.8, 4) is 17.2 Å². The minimum Gasteiger partial charge on any atom is -0.497 e. The predicted molar refractivity (Wildman–Crippen MR) is 168 cm³/mol. The maximum absolute atomic E-state index is 14.6. The number of fused-ring (bicyclic) bond motifs is 2. The molecule has 3 aromatic rings. The summed E-state index contributed by atoms with van der Waals surface area (Å²) in [6.45, 7) is 5.18. The molecule has 0 radical (unpaired) electrons. The predicted octanol–water partition coefficient (Wildman–Crippen LogP) is 7.00. The maximum atomic E-state index is 14.6. The van der Waals surface area contributed by atoms with Crippen LogP contribution in [0.1, 0.15) is 56.3 Å². The van der Waals surface area contributed by atoms with Gasteiger partial charge in [-0.25, -0.2) is 0 Å². The summed E-state index contributed by atoms with van der Waals surface area (Å²) in [7, 11) is 2.96. The van der Waals surface area contributed by atoms with Crippen molar-refractivity contribution < 1.29 is 42.1 Å². The average Bonchev–Trinajstić information content (AvgIpc) is 3.73. The van der Waals surface area contributed by atoms with Crippen molar-refractivity contribution in [2.24, 2.45) is 5.16 Å². The topological polar surface area (TPSA) is 102 Å². The minimum absolute atomic E-state index is 0.244. The number of oxime groups is 1. The number of anilines is 2. The van der Waals surface area contributed by atoms with Crippen LogP contribution in [0, 0.1) is 0 Å². The summed E-state index contributed by atoms with van der Waals surface area (Å²) in [6, 6.07) is 13.2. The lowest BCUT2D eigenvalue weighted by atomic mass is 9.99. The zero-order chi connectivity index (χ0) is 33.4. The number of ether oxygens (including phenoxy) is 3. The van der Waals surface area contributed by atoms with E-state index in [1.807, 2.05) is 0 Å². The van der Waals surface area contributed by atoms with E-state index in [2.05, 4.69) is 15.2 Å². The van der Waals surface area contributed by atoms with Crippen molar-refractivity contribution >= 4 is 34.6 Å². The molecule has 1 aliphatic carbocycles. The number of amides is 1. The van der Waals surface area contributed by atoms with Gasteiger partial charge in [-0.2, -0.15) is 0 Å². The molecule has 1 unspecified atom stereocenters. The average molecular weight is 662 g/mol. The van der Waals surface area contributed by atoms with E-state index in [9.17, 15) is 23.1 Å². The smallest absolute Gasteiger partial charge is 0.497 e. The summed E-state index contributed by atoms with van der Waals surface area (Å²) in [5.41, 5.74) is 1.98. The van der Waals surface area contributed by atoms with Crippen LogP contribution >= 0.6 is 11.6 Å². The van der Waals surface area contributed by atoms with Crippen molar-refractivity contribution in [2.75, 3.05) is 37.6 Å². The third-order valence-electron chi connectivity index (χ3n) is 8.08. The van der Waals surface area contributed by atoms with Gasteiger partial charge in [0, 0.05) is 45.9 Å². The van der Waals surface area contributed by atoms with E-state index in [1.54, 1.807) is 63.2 Å². The lowest BCUT2D eigenvalue weighted by Crippen LogP contribution is -2.38. The van der Waals surface area contributed by atoms with Crippen LogP contribution in [0.4, 0.5) is 24.5 Å². The van der Waals surface area contributed by atoms with Gasteiger partial charge in [0.2, 0.25) is 0 Å². The van der Waals surface area contributed by atoms with E-state index in [0.29, 0.717) is 51.3 Å². The Morgan fingerprint density at radius 3 is 2.43 bits per heavy atom. The highest BCUT2D eigenvalue weighted by Crippen LogP contribution is 2.57. The second-order valence-electron chi connectivity index (χ2n) is 12.0. The summed E-state index contributed by atoms with van der Waals surface area (Å²) < 4.78 is 54.7. The molecular weight excluding hydrogens is 627 g/mol. The lowest BCUT2D eigenvalue weighted by Gasteiger charge is -2.28. The first-order valence-corrected chi connectivity index (χ1v) is 14.9. The Labute approximate surface area is 269 Å². The number of methoxy groups -OCH3 is 2. The first-order chi connectivity index (χ1) is 21.7. The van der Waals surface area contributed by atoms with Gasteiger partial charge in [-0.1, -0.05) is 28.9 Å². The number of nitrogens with one attached hydrogen (secondary N) is 1. The van der Waals surface area contributed by atoms with Crippen LogP contribution in [-0.4, -0.2) is 56.1 Å². The highest BCUT2D eigenvalue weighted by atomic mass is 35.5. The number of benzene rings is 3. The Bertz CT molecular complexity index is 1660. The molecule has 46 heavy (non-hydrogen) atoms. The molecule has 2 aliphatic rings. The molecule has 1 heterocycles. The van der Waals surface area contributed by atoms with Gasteiger partial charge < -0.3 is 34.4 Å². The number of carbonyl (C=O) groups is 1. The molecule has 1 amide bonds. The summed E-state index contributed by atoms with van der Waals surface area (Å²) in [6.07, 6.45) is -3.28. The summed E-state index contributed by atoms with van der Waals surface area (Å²) in [5.74, 6) is -0.0251. The van der Waals surface area contributed by atoms with Gasteiger partial charge in [0.1, 0.15) is 23.3 Å². The number of halogens is 4. The Morgan fingerprint density at radius 2 is 1.80 bits per heavy atom. The molecule has 246 valence electrons. The third kappa shape index (κ3) is 7.13. The first kappa shape index (κ1) is 33.2. The summed E-state index contributed by atoms with van der Waals surface area (Å²) in [5, 5.41) is 17.4. The zero-order valence-corrected chi connectivity index (χ0v) is 26.8. The standard InChI is InChI=1S/C33H35ClF3N3O6/c1-19(39-46-31(2,3)18-41)20-12-22(15-24(13-20)43-4)38-29(25-8-6-21(34)14-28(25)44-5)30(42)40-17-32(10-11-32)26-9-7-23(16-27(26)40)45-33(35,36)37/h6-9,12-16,29,38,41H,10-11,17-18H2,1-5H3/b39-19+. The molecule has 5 rings (SSSR count). The fourth-order valence-electron chi connectivity index (χ4n) is 5.43. The van der Waals surface area contributed by atoms with Crippen molar-refractivity contribution in [2.45, 2.75) is 57.0 Å². The molecule has 13 heteroatoms. The number of hydrogen-bond acceptors (Lipinski definition) is 8. The van der Waals surface area contributed by atoms with Crippen molar-refractivity contribution in [1.82, 2.24) is 0 Å². The number of alkyl halides is 3. The molecule has 0 aromatic heterocycles. The number of carbonyl (C=O) groups excluding carboxylic acids is 1. The van der Waals surface area contributed by atoms with E-state index in [0.717, 1.165) is 18.4 Å². The highest BCUT2D eigenvalue weighted by molar-refractivity contribution is 6.30. The second-order valence-corrected chi connectivity index (χ2v) is 12.5. The molecule has 0 saturated heterocycles. The molecule has 2 N–H and O–H groups in total. The van der Waals surface area contributed by atoms with Gasteiger partial charge in [0.25, 0.3) is 5.91 Å². The highest BCUT2D eigenvalue weighted by Gasteiger charge is 2.54. The van der Waals surface area contributed by atoms with E-state index in [-0.39, 0.29) is 12.0 Å². The van der Waals surface area contributed by atoms with Crippen LogP contribution in [0.15, 0.2) is 59.8 Å². The third-order valence-corrected chi connectivity index (χ3v) is 8.32. The van der Waals surface area contributed by atoms with Gasteiger partial charge in [0.15, 0.2) is 5.60 Å². The number of nitrogens with zero attached hydrogens (tertiary/aromatic N) is 2. The van der Waals surface area contributed by atoms with Crippen molar-refractivity contribution in [3.05, 3.63) is 76.3 Å². The monoisotopic (exact) mass is 661 g/mol.